The van der Waals surface area contributed by atoms with E-state index in [9.17, 15) is 4.79 Å². The van der Waals surface area contributed by atoms with Crippen LogP contribution in [-0.4, -0.2) is 75.4 Å². The molecule has 0 spiro atoms. The molecule has 2 fully saturated rings. The summed E-state index contributed by atoms with van der Waals surface area (Å²) in [6.07, 6.45) is 10.9. The zero-order valence-electron chi connectivity index (χ0n) is 19.2. The van der Waals surface area contributed by atoms with E-state index >= 15 is 0 Å². The average molecular weight is 446 g/mol. The lowest BCUT2D eigenvalue weighted by Gasteiger charge is -2.36. The second-order valence-corrected chi connectivity index (χ2v) is 9.36. The molecule has 0 unspecified atom stereocenters. The second kappa shape index (κ2) is 9.89. The number of amides is 1. The smallest absolute Gasteiger partial charge is 0.228 e. The Morgan fingerprint density at radius 2 is 1.82 bits per heavy atom. The van der Waals surface area contributed by atoms with Crippen molar-refractivity contribution in [3.8, 4) is 11.4 Å². The third-order valence-electron chi connectivity index (χ3n) is 6.98. The molecule has 1 aliphatic heterocycles. The van der Waals surface area contributed by atoms with Crippen LogP contribution < -0.4 is 5.32 Å². The predicted octanol–water partition coefficient (Wildman–Crippen LogP) is 3.08. The quantitative estimate of drug-likeness (QED) is 0.646. The zero-order chi connectivity index (χ0) is 22.6. The maximum atomic E-state index is 12.9. The molecule has 33 heavy (non-hydrogen) atoms. The van der Waals surface area contributed by atoms with E-state index in [-0.39, 0.29) is 11.8 Å². The highest BCUT2D eigenvalue weighted by Gasteiger charge is 2.28. The number of anilines is 1. The van der Waals surface area contributed by atoms with E-state index in [0.29, 0.717) is 11.7 Å². The van der Waals surface area contributed by atoms with Gasteiger partial charge in [-0.15, -0.1) is 0 Å². The van der Waals surface area contributed by atoms with Crippen LogP contribution in [0.2, 0.25) is 0 Å². The minimum atomic E-state index is 0.0603. The summed E-state index contributed by atoms with van der Waals surface area (Å²) in [7, 11) is 2.19. The summed E-state index contributed by atoms with van der Waals surface area (Å²) >= 11 is 0. The standard InChI is InChI=1S/C25H31N7O/c1-31-10-12-32(13-11-31)17-18-2-4-19(5-3-18)25(33)30-24-14-22-20(15-28-24)6-7-21(29-22)23-16-26-8-9-27-23/h6-9,14-16,18-19H,2-5,10-13,17H2,1H3,(H,28,30,33)/t18-,19-. The van der Waals surface area contributed by atoms with E-state index in [4.69, 9.17) is 4.98 Å². The number of hydrogen-bond donors (Lipinski definition) is 1. The van der Waals surface area contributed by atoms with Gasteiger partial charge in [-0.2, -0.15) is 0 Å². The first-order chi connectivity index (χ1) is 16.1. The molecule has 2 aliphatic rings. The van der Waals surface area contributed by atoms with Gasteiger partial charge in [0.1, 0.15) is 11.5 Å². The molecule has 8 nitrogen and oxygen atoms in total. The van der Waals surface area contributed by atoms with Crippen LogP contribution in [-0.2, 0) is 4.79 Å². The molecule has 4 heterocycles. The van der Waals surface area contributed by atoms with Crippen molar-refractivity contribution >= 4 is 22.6 Å². The Hall–Kier alpha value is -2.97. The fraction of sp³-hybridized carbons (Fsp3) is 0.480. The number of rotatable bonds is 5. The lowest BCUT2D eigenvalue weighted by atomic mass is 9.81. The molecule has 0 atom stereocenters. The first-order valence-corrected chi connectivity index (χ1v) is 11.9. The fourth-order valence-electron chi connectivity index (χ4n) is 4.89. The number of fused-ring (bicyclic) bond motifs is 1. The van der Waals surface area contributed by atoms with Crippen LogP contribution in [0.5, 0.6) is 0 Å². The number of nitrogens with one attached hydrogen (secondary N) is 1. The number of nitrogens with zero attached hydrogens (tertiary/aromatic N) is 6. The zero-order valence-corrected chi connectivity index (χ0v) is 19.2. The van der Waals surface area contributed by atoms with Gasteiger partial charge in [-0.3, -0.25) is 14.8 Å². The number of pyridine rings is 2. The highest BCUT2D eigenvalue weighted by Crippen LogP contribution is 2.30. The Labute approximate surface area is 194 Å². The minimum absolute atomic E-state index is 0.0603. The van der Waals surface area contributed by atoms with Crippen LogP contribution in [0, 0.1) is 11.8 Å². The van der Waals surface area contributed by atoms with Crippen molar-refractivity contribution < 1.29 is 4.79 Å². The molecule has 8 heteroatoms. The highest BCUT2D eigenvalue weighted by molar-refractivity contribution is 5.93. The molecule has 3 aromatic heterocycles. The van der Waals surface area contributed by atoms with Crippen LogP contribution in [0.4, 0.5) is 5.82 Å². The van der Waals surface area contributed by atoms with Crippen molar-refractivity contribution in [3.05, 3.63) is 43.0 Å². The Kier molecular flexibility index (Phi) is 6.55. The van der Waals surface area contributed by atoms with Crippen molar-refractivity contribution in [3.63, 3.8) is 0 Å². The average Bonchev–Trinajstić information content (AvgIpc) is 2.86. The number of hydrogen-bond acceptors (Lipinski definition) is 7. The lowest BCUT2D eigenvalue weighted by molar-refractivity contribution is -0.121. The first kappa shape index (κ1) is 21.9. The van der Waals surface area contributed by atoms with Crippen LogP contribution in [0.15, 0.2) is 43.0 Å². The summed E-state index contributed by atoms with van der Waals surface area (Å²) in [4.78, 5) is 35.5. The molecule has 3 aromatic rings. The van der Waals surface area contributed by atoms with Crippen LogP contribution >= 0.6 is 0 Å². The largest absolute Gasteiger partial charge is 0.310 e. The van der Waals surface area contributed by atoms with Crippen molar-refractivity contribution in [2.75, 3.05) is 45.1 Å². The van der Waals surface area contributed by atoms with Crippen molar-refractivity contribution in [2.24, 2.45) is 11.8 Å². The van der Waals surface area contributed by atoms with Crippen LogP contribution in [0.25, 0.3) is 22.3 Å². The molecule has 5 rings (SSSR count). The fourth-order valence-corrected chi connectivity index (χ4v) is 4.89. The van der Waals surface area contributed by atoms with E-state index in [1.54, 1.807) is 24.8 Å². The van der Waals surface area contributed by atoms with E-state index < -0.39 is 0 Å². The Bertz CT molecular complexity index is 1090. The molecule has 1 amide bonds. The summed E-state index contributed by atoms with van der Waals surface area (Å²) in [5, 5.41) is 3.95. The van der Waals surface area contributed by atoms with Crippen molar-refractivity contribution in [2.45, 2.75) is 25.7 Å². The van der Waals surface area contributed by atoms with Gasteiger partial charge in [0.15, 0.2) is 0 Å². The van der Waals surface area contributed by atoms with Gasteiger partial charge < -0.3 is 15.1 Å². The number of likely N-dealkylation sites (N-methyl/N-ethyl adjacent to an activating group) is 1. The van der Waals surface area contributed by atoms with Gasteiger partial charge in [-0.1, -0.05) is 0 Å². The molecule has 1 saturated heterocycles. The third kappa shape index (κ3) is 5.34. The molecule has 1 N–H and O–H groups in total. The van der Waals surface area contributed by atoms with E-state index in [1.807, 2.05) is 18.2 Å². The Morgan fingerprint density at radius 1 is 1.00 bits per heavy atom. The summed E-state index contributed by atoms with van der Waals surface area (Å²) in [6.45, 7) is 5.82. The third-order valence-corrected chi connectivity index (χ3v) is 6.98. The topological polar surface area (TPSA) is 87.1 Å². The van der Waals surface area contributed by atoms with Gasteiger partial charge in [0.05, 0.1) is 17.4 Å². The minimum Gasteiger partial charge on any atom is -0.310 e. The molecule has 0 aromatic carbocycles. The molecule has 0 bridgehead atoms. The number of aromatic nitrogens is 4. The molecule has 1 aliphatic carbocycles. The monoisotopic (exact) mass is 445 g/mol. The van der Waals surface area contributed by atoms with Gasteiger partial charge in [0.2, 0.25) is 5.91 Å². The second-order valence-electron chi connectivity index (χ2n) is 9.36. The molecule has 172 valence electrons. The van der Waals surface area contributed by atoms with Crippen molar-refractivity contribution in [1.82, 2.24) is 29.7 Å². The summed E-state index contributed by atoms with van der Waals surface area (Å²) in [6, 6.07) is 5.71. The normalized spacial score (nSPS) is 22.3. The predicted molar refractivity (Wildman–Crippen MR) is 129 cm³/mol. The lowest BCUT2D eigenvalue weighted by Crippen LogP contribution is -2.46. The molecule has 1 saturated carbocycles. The van der Waals surface area contributed by atoms with Crippen LogP contribution in [0.3, 0.4) is 0 Å². The summed E-state index contributed by atoms with van der Waals surface area (Å²) < 4.78 is 0. The van der Waals surface area contributed by atoms with E-state index in [2.05, 4.69) is 37.1 Å². The Balaban J connectivity index is 1.18. The van der Waals surface area contributed by atoms with Gasteiger partial charge in [0.25, 0.3) is 0 Å². The molecular formula is C25H31N7O. The highest BCUT2D eigenvalue weighted by atomic mass is 16.1. The maximum Gasteiger partial charge on any atom is 0.228 e. The van der Waals surface area contributed by atoms with Gasteiger partial charge >= 0.3 is 0 Å². The van der Waals surface area contributed by atoms with Crippen molar-refractivity contribution in [1.29, 1.82) is 0 Å². The van der Waals surface area contributed by atoms with E-state index in [0.717, 1.165) is 74.2 Å². The van der Waals surface area contributed by atoms with E-state index in [1.165, 1.54) is 6.54 Å². The summed E-state index contributed by atoms with van der Waals surface area (Å²) in [5.74, 6) is 1.39. The first-order valence-electron chi connectivity index (χ1n) is 11.9. The van der Waals surface area contributed by atoms with Crippen LogP contribution in [0.1, 0.15) is 25.7 Å². The number of carbonyl (C=O) groups is 1. The van der Waals surface area contributed by atoms with Gasteiger partial charge in [0, 0.05) is 68.7 Å². The van der Waals surface area contributed by atoms with Gasteiger partial charge in [-0.25, -0.2) is 9.97 Å². The maximum absolute atomic E-state index is 12.9. The molecule has 0 radical (unpaired) electrons. The Morgan fingerprint density at radius 3 is 2.58 bits per heavy atom. The molecular weight excluding hydrogens is 414 g/mol. The number of carbonyl (C=O) groups excluding carboxylic acids is 1. The number of piperazine rings is 1. The summed E-state index contributed by atoms with van der Waals surface area (Å²) in [5.41, 5.74) is 2.24. The van der Waals surface area contributed by atoms with Gasteiger partial charge in [-0.05, 0) is 50.8 Å². The SMILES string of the molecule is CN1CCN(C[C@H]2CC[C@H](C(=O)Nc3cc4nc(-c5cnccn5)ccc4cn3)CC2)CC1.